The van der Waals surface area contributed by atoms with Gasteiger partial charge in [0.2, 0.25) is 0 Å². The molecule has 0 radical (unpaired) electrons. The normalized spacial score (nSPS) is 13.7. The summed E-state index contributed by atoms with van der Waals surface area (Å²) < 4.78 is 0. The van der Waals surface area contributed by atoms with Crippen LogP contribution >= 0.6 is 0 Å². The Hall–Kier alpha value is -0.960. The average molecular weight is 235 g/mol. The molecule has 96 valence electrons. The lowest BCUT2D eigenvalue weighted by Crippen LogP contribution is -2.23. The number of aromatic nitrogens is 2. The molecule has 1 atom stereocenters. The van der Waals surface area contributed by atoms with Gasteiger partial charge in [-0.1, -0.05) is 27.7 Å². The van der Waals surface area contributed by atoms with Crippen LogP contribution in [0.4, 0.5) is 0 Å². The number of hydrogen-bond donors (Lipinski definition) is 1. The quantitative estimate of drug-likeness (QED) is 0.851. The van der Waals surface area contributed by atoms with Gasteiger partial charge in [-0.25, -0.2) is 0 Å². The van der Waals surface area contributed by atoms with E-state index in [0.717, 1.165) is 24.4 Å². The van der Waals surface area contributed by atoms with E-state index < -0.39 is 0 Å². The SMILES string of the molecule is CCNC(CCC(C)(C)C)c1cnc(C)cn1. The Balaban J connectivity index is 2.68. The second kappa shape index (κ2) is 6.10. The molecule has 0 aromatic carbocycles. The van der Waals surface area contributed by atoms with E-state index in [1.54, 1.807) is 0 Å². The summed E-state index contributed by atoms with van der Waals surface area (Å²) in [6, 6.07) is 0.326. The Morgan fingerprint density at radius 1 is 1.24 bits per heavy atom. The topological polar surface area (TPSA) is 37.8 Å². The second-order valence-corrected chi connectivity index (χ2v) is 5.79. The molecule has 17 heavy (non-hydrogen) atoms. The molecule has 0 spiro atoms. The minimum absolute atomic E-state index is 0.326. The van der Waals surface area contributed by atoms with E-state index in [2.05, 4.69) is 43.0 Å². The van der Waals surface area contributed by atoms with Crippen LogP contribution in [-0.4, -0.2) is 16.5 Å². The summed E-state index contributed by atoms with van der Waals surface area (Å²) >= 11 is 0. The van der Waals surface area contributed by atoms with Crippen molar-refractivity contribution in [2.24, 2.45) is 5.41 Å². The van der Waals surface area contributed by atoms with Crippen molar-refractivity contribution in [3.8, 4) is 0 Å². The summed E-state index contributed by atoms with van der Waals surface area (Å²) in [7, 11) is 0. The van der Waals surface area contributed by atoms with Crippen LogP contribution in [0.2, 0.25) is 0 Å². The number of hydrogen-bond acceptors (Lipinski definition) is 3. The second-order valence-electron chi connectivity index (χ2n) is 5.79. The standard InChI is InChI=1S/C14H25N3/c1-6-15-12(7-8-14(3,4)5)13-10-16-11(2)9-17-13/h9-10,12,15H,6-8H2,1-5H3. The molecule has 0 bridgehead atoms. The first-order valence-corrected chi connectivity index (χ1v) is 6.44. The van der Waals surface area contributed by atoms with Crippen molar-refractivity contribution in [3.63, 3.8) is 0 Å². The van der Waals surface area contributed by atoms with Crippen molar-refractivity contribution in [1.82, 2.24) is 15.3 Å². The van der Waals surface area contributed by atoms with Crippen molar-refractivity contribution < 1.29 is 0 Å². The fraction of sp³-hybridized carbons (Fsp3) is 0.714. The summed E-state index contributed by atoms with van der Waals surface area (Å²) in [5, 5.41) is 3.49. The number of aryl methyl sites for hydroxylation is 1. The maximum Gasteiger partial charge on any atom is 0.0756 e. The number of rotatable bonds is 5. The predicted octanol–water partition coefficient (Wildman–Crippen LogP) is 3.26. The maximum absolute atomic E-state index is 4.47. The van der Waals surface area contributed by atoms with E-state index in [0.29, 0.717) is 11.5 Å². The first-order chi connectivity index (χ1) is 7.92. The van der Waals surface area contributed by atoms with Gasteiger partial charge in [-0.3, -0.25) is 9.97 Å². The molecule has 1 aromatic heterocycles. The first kappa shape index (κ1) is 14.1. The molecule has 0 aliphatic rings. The van der Waals surface area contributed by atoms with Gasteiger partial charge in [0.05, 0.1) is 23.6 Å². The third kappa shape index (κ3) is 5.26. The van der Waals surface area contributed by atoms with Gasteiger partial charge in [-0.15, -0.1) is 0 Å². The van der Waals surface area contributed by atoms with Crippen LogP contribution in [0.1, 0.15) is 58.0 Å². The monoisotopic (exact) mass is 235 g/mol. The van der Waals surface area contributed by atoms with Crippen LogP contribution < -0.4 is 5.32 Å². The Morgan fingerprint density at radius 3 is 2.41 bits per heavy atom. The van der Waals surface area contributed by atoms with Crippen molar-refractivity contribution in [1.29, 1.82) is 0 Å². The number of nitrogens with zero attached hydrogens (tertiary/aromatic N) is 2. The Labute approximate surface area is 105 Å². The minimum atomic E-state index is 0.326. The van der Waals surface area contributed by atoms with Crippen LogP contribution in [0.3, 0.4) is 0 Å². The van der Waals surface area contributed by atoms with Gasteiger partial charge in [-0.05, 0) is 31.7 Å². The fourth-order valence-electron chi connectivity index (χ4n) is 1.76. The third-order valence-corrected chi connectivity index (χ3v) is 2.79. The van der Waals surface area contributed by atoms with Gasteiger partial charge in [0, 0.05) is 6.20 Å². The van der Waals surface area contributed by atoms with Crippen LogP contribution in [-0.2, 0) is 0 Å². The molecule has 0 aliphatic carbocycles. The summed E-state index contributed by atoms with van der Waals surface area (Å²) in [4.78, 5) is 8.80. The highest BCUT2D eigenvalue weighted by atomic mass is 14.9. The smallest absolute Gasteiger partial charge is 0.0756 e. The molecule has 0 fully saturated rings. The van der Waals surface area contributed by atoms with E-state index in [9.17, 15) is 0 Å². The Morgan fingerprint density at radius 2 is 1.94 bits per heavy atom. The molecule has 1 unspecified atom stereocenters. The third-order valence-electron chi connectivity index (χ3n) is 2.79. The van der Waals surface area contributed by atoms with E-state index in [-0.39, 0.29) is 0 Å². The Bertz CT molecular complexity index is 324. The lowest BCUT2D eigenvalue weighted by molar-refractivity contribution is 0.331. The van der Waals surface area contributed by atoms with Crippen molar-refractivity contribution in [3.05, 3.63) is 23.8 Å². The highest BCUT2D eigenvalue weighted by Crippen LogP contribution is 2.26. The van der Waals surface area contributed by atoms with Gasteiger partial charge in [0.1, 0.15) is 0 Å². The summed E-state index contributed by atoms with van der Waals surface area (Å²) in [5.74, 6) is 0. The molecule has 1 N–H and O–H groups in total. The molecule has 0 saturated carbocycles. The highest BCUT2D eigenvalue weighted by Gasteiger charge is 2.17. The summed E-state index contributed by atoms with van der Waals surface area (Å²) in [5.41, 5.74) is 2.40. The van der Waals surface area contributed by atoms with E-state index in [1.165, 1.54) is 6.42 Å². The van der Waals surface area contributed by atoms with E-state index in [1.807, 2.05) is 19.3 Å². The molecule has 1 rings (SSSR count). The summed E-state index contributed by atoms with van der Waals surface area (Å²) in [6.07, 6.45) is 6.03. The largest absolute Gasteiger partial charge is 0.309 e. The molecule has 1 aromatic rings. The molecule has 1 heterocycles. The predicted molar refractivity (Wildman–Crippen MR) is 71.9 cm³/mol. The molecule has 3 heteroatoms. The van der Waals surface area contributed by atoms with Gasteiger partial charge in [0.25, 0.3) is 0 Å². The minimum Gasteiger partial charge on any atom is -0.309 e. The molecule has 3 nitrogen and oxygen atoms in total. The van der Waals surface area contributed by atoms with Gasteiger partial charge >= 0.3 is 0 Å². The highest BCUT2D eigenvalue weighted by molar-refractivity contribution is 5.05. The van der Waals surface area contributed by atoms with E-state index in [4.69, 9.17) is 0 Å². The lowest BCUT2D eigenvalue weighted by atomic mass is 9.88. The molecular formula is C14H25N3. The number of nitrogens with one attached hydrogen (secondary N) is 1. The fourth-order valence-corrected chi connectivity index (χ4v) is 1.76. The average Bonchev–Trinajstić information content (AvgIpc) is 2.24. The zero-order valence-corrected chi connectivity index (χ0v) is 11.7. The zero-order valence-electron chi connectivity index (χ0n) is 11.7. The Kier molecular flexibility index (Phi) is 5.06. The zero-order chi connectivity index (χ0) is 12.9. The molecule has 0 saturated heterocycles. The molecule has 0 amide bonds. The summed E-state index contributed by atoms with van der Waals surface area (Å²) in [6.45, 7) is 11.9. The van der Waals surface area contributed by atoms with E-state index >= 15 is 0 Å². The van der Waals surface area contributed by atoms with Crippen molar-refractivity contribution in [2.45, 2.75) is 53.5 Å². The van der Waals surface area contributed by atoms with Crippen LogP contribution in [0.25, 0.3) is 0 Å². The van der Waals surface area contributed by atoms with Gasteiger partial charge in [0.15, 0.2) is 0 Å². The first-order valence-electron chi connectivity index (χ1n) is 6.44. The lowest BCUT2D eigenvalue weighted by Gasteiger charge is -2.23. The van der Waals surface area contributed by atoms with Gasteiger partial charge in [-0.2, -0.15) is 0 Å². The van der Waals surface area contributed by atoms with Crippen LogP contribution in [0, 0.1) is 12.3 Å². The van der Waals surface area contributed by atoms with Crippen LogP contribution in [0.15, 0.2) is 12.4 Å². The molecule has 0 aliphatic heterocycles. The van der Waals surface area contributed by atoms with Crippen molar-refractivity contribution >= 4 is 0 Å². The maximum atomic E-state index is 4.47. The van der Waals surface area contributed by atoms with Crippen LogP contribution in [0.5, 0.6) is 0 Å². The van der Waals surface area contributed by atoms with Crippen molar-refractivity contribution in [2.75, 3.05) is 6.54 Å². The molecular weight excluding hydrogens is 210 g/mol. The van der Waals surface area contributed by atoms with Gasteiger partial charge < -0.3 is 5.32 Å².